The number of rotatable bonds is 3. The number of carbonyl (C=O) groups is 1. The van der Waals surface area contributed by atoms with Crippen LogP contribution in [0.5, 0.6) is 0 Å². The number of ether oxygens (including phenoxy) is 1. The van der Waals surface area contributed by atoms with Crippen molar-refractivity contribution in [2.75, 3.05) is 43.5 Å². The number of para-hydroxylation sites is 1. The Morgan fingerprint density at radius 2 is 1.83 bits per heavy atom. The Hall–Kier alpha value is -2.88. The largest absolute Gasteiger partial charge is 0.465 e. The number of benzene rings is 1. The molecule has 1 fully saturated rings. The number of hydrogen-bond donors (Lipinski definition) is 1. The molecule has 29 heavy (non-hydrogen) atoms. The average molecular weight is 424 g/mol. The van der Waals surface area contributed by atoms with Crippen LogP contribution in [-0.2, 0) is 10.9 Å². The summed E-state index contributed by atoms with van der Waals surface area (Å²) >= 11 is 5.46. The molecule has 2 aromatic rings. The van der Waals surface area contributed by atoms with Crippen LogP contribution in [-0.4, -0.2) is 54.3 Å². The van der Waals surface area contributed by atoms with Crippen LogP contribution in [0.15, 0.2) is 42.6 Å². The molecule has 1 aliphatic heterocycles. The van der Waals surface area contributed by atoms with Crippen LogP contribution in [0.25, 0.3) is 0 Å². The van der Waals surface area contributed by atoms with E-state index in [1.54, 1.807) is 24.3 Å². The third-order valence-corrected chi connectivity index (χ3v) is 4.90. The first-order chi connectivity index (χ1) is 13.8. The van der Waals surface area contributed by atoms with Crippen LogP contribution in [0.3, 0.4) is 0 Å². The number of alkyl halides is 3. The second-order valence-corrected chi connectivity index (χ2v) is 6.73. The van der Waals surface area contributed by atoms with E-state index in [4.69, 9.17) is 17.0 Å². The van der Waals surface area contributed by atoms with Crippen molar-refractivity contribution in [3.05, 3.63) is 53.7 Å². The van der Waals surface area contributed by atoms with Crippen LogP contribution >= 0.6 is 12.2 Å². The van der Waals surface area contributed by atoms with E-state index in [0.29, 0.717) is 48.4 Å². The molecule has 3 rings (SSSR count). The van der Waals surface area contributed by atoms with Gasteiger partial charge in [-0.1, -0.05) is 12.1 Å². The number of pyridine rings is 1. The highest BCUT2D eigenvalue weighted by Crippen LogP contribution is 2.29. The highest BCUT2D eigenvalue weighted by Gasteiger charge is 2.31. The van der Waals surface area contributed by atoms with Gasteiger partial charge in [0.05, 0.1) is 23.9 Å². The lowest BCUT2D eigenvalue weighted by atomic mass is 10.2. The number of hydrogen-bond acceptors (Lipinski definition) is 5. The monoisotopic (exact) mass is 424 g/mol. The van der Waals surface area contributed by atoms with Gasteiger partial charge in [0.2, 0.25) is 0 Å². The molecular weight excluding hydrogens is 405 g/mol. The summed E-state index contributed by atoms with van der Waals surface area (Å²) in [5, 5.41) is 3.53. The normalized spacial score (nSPS) is 14.5. The van der Waals surface area contributed by atoms with Gasteiger partial charge in [0.15, 0.2) is 5.11 Å². The molecule has 2 heterocycles. The van der Waals surface area contributed by atoms with Gasteiger partial charge in [0, 0.05) is 32.4 Å². The number of anilines is 2. The summed E-state index contributed by atoms with van der Waals surface area (Å²) in [5.74, 6) is 0.0293. The summed E-state index contributed by atoms with van der Waals surface area (Å²) in [4.78, 5) is 19.6. The molecule has 1 saturated heterocycles. The second kappa shape index (κ2) is 8.64. The van der Waals surface area contributed by atoms with Crippen molar-refractivity contribution in [2.45, 2.75) is 6.18 Å². The summed E-state index contributed by atoms with van der Waals surface area (Å²) in [6.07, 6.45) is -3.56. The van der Waals surface area contributed by atoms with E-state index >= 15 is 0 Å². The number of esters is 1. The molecule has 10 heteroatoms. The first-order valence-electron chi connectivity index (χ1n) is 8.81. The van der Waals surface area contributed by atoms with Gasteiger partial charge >= 0.3 is 12.1 Å². The van der Waals surface area contributed by atoms with Crippen LogP contribution in [0.4, 0.5) is 24.7 Å². The van der Waals surface area contributed by atoms with Crippen LogP contribution < -0.4 is 10.2 Å². The van der Waals surface area contributed by atoms with E-state index in [2.05, 4.69) is 10.3 Å². The molecule has 0 radical (unpaired) electrons. The smallest absolute Gasteiger partial charge is 0.417 e. The van der Waals surface area contributed by atoms with E-state index in [1.165, 1.54) is 13.2 Å². The van der Waals surface area contributed by atoms with Gasteiger partial charge in [-0.05, 0) is 36.5 Å². The minimum absolute atomic E-state index is 0.380. The molecule has 0 unspecified atom stereocenters. The van der Waals surface area contributed by atoms with Crippen molar-refractivity contribution >= 4 is 34.8 Å². The van der Waals surface area contributed by atoms with Crippen molar-refractivity contribution < 1.29 is 22.7 Å². The molecular formula is C19H19F3N4O2S. The van der Waals surface area contributed by atoms with Crippen molar-refractivity contribution in [3.8, 4) is 0 Å². The van der Waals surface area contributed by atoms with Crippen LogP contribution in [0.2, 0.25) is 0 Å². The maximum Gasteiger partial charge on any atom is 0.417 e. The molecule has 0 saturated carbocycles. The number of carbonyl (C=O) groups excluding carboxylic acids is 1. The van der Waals surface area contributed by atoms with E-state index in [1.807, 2.05) is 9.80 Å². The summed E-state index contributed by atoms with van der Waals surface area (Å²) in [6.45, 7) is 2.24. The average Bonchev–Trinajstić information content (AvgIpc) is 2.73. The predicted octanol–water partition coefficient (Wildman–Crippen LogP) is 3.41. The Labute approximate surface area is 171 Å². The standard InChI is InChI=1S/C19H19F3N4O2S/c1-28-17(27)14-4-2-3-5-15(14)24-18(29)26-10-8-25(9-11-26)16-7-6-13(12-23-16)19(20,21)22/h2-7,12H,8-11H2,1H3,(H,24,29). The zero-order chi connectivity index (χ0) is 21.0. The molecule has 6 nitrogen and oxygen atoms in total. The fraction of sp³-hybridized carbons (Fsp3) is 0.316. The van der Waals surface area contributed by atoms with Crippen LogP contribution in [0, 0.1) is 0 Å². The highest BCUT2D eigenvalue weighted by molar-refractivity contribution is 7.80. The van der Waals surface area contributed by atoms with Crippen molar-refractivity contribution in [3.63, 3.8) is 0 Å². The first kappa shape index (κ1) is 20.8. The predicted molar refractivity (Wildman–Crippen MR) is 107 cm³/mol. The van der Waals surface area contributed by atoms with Gasteiger partial charge in [-0.3, -0.25) is 0 Å². The van der Waals surface area contributed by atoms with Gasteiger partial charge in [0.25, 0.3) is 0 Å². The van der Waals surface area contributed by atoms with E-state index in [0.717, 1.165) is 12.3 Å². The SMILES string of the molecule is COC(=O)c1ccccc1NC(=S)N1CCN(c2ccc(C(F)(F)F)cn2)CC1. The molecule has 1 aromatic heterocycles. The summed E-state index contributed by atoms with van der Waals surface area (Å²) in [6, 6.07) is 9.31. The number of nitrogens with zero attached hydrogens (tertiary/aromatic N) is 3. The maximum absolute atomic E-state index is 12.7. The molecule has 1 aliphatic rings. The van der Waals surface area contributed by atoms with Gasteiger partial charge in [0.1, 0.15) is 5.82 Å². The fourth-order valence-electron chi connectivity index (χ4n) is 2.95. The van der Waals surface area contributed by atoms with Gasteiger partial charge in [-0.25, -0.2) is 9.78 Å². The molecule has 154 valence electrons. The molecule has 0 bridgehead atoms. The number of aromatic nitrogens is 1. The molecule has 0 aliphatic carbocycles. The van der Waals surface area contributed by atoms with Gasteiger partial charge < -0.3 is 19.9 Å². The number of nitrogens with one attached hydrogen (secondary N) is 1. The lowest BCUT2D eigenvalue weighted by Gasteiger charge is -2.37. The second-order valence-electron chi connectivity index (χ2n) is 6.34. The van der Waals surface area contributed by atoms with Crippen LogP contribution in [0.1, 0.15) is 15.9 Å². The van der Waals surface area contributed by atoms with E-state index in [-0.39, 0.29) is 0 Å². The molecule has 0 spiro atoms. The lowest BCUT2D eigenvalue weighted by molar-refractivity contribution is -0.137. The number of piperazine rings is 1. The topological polar surface area (TPSA) is 57.7 Å². The third kappa shape index (κ3) is 4.94. The first-order valence-corrected chi connectivity index (χ1v) is 9.22. The molecule has 0 amide bonds. The third-order valence-electron chi connectivity index (χ3n) is 4.54. The number of halogens is 3. The van der Waals surface area contributed by atoms with E-state index < -0.39 is 17.7 Å². The Morgan fingerprint density at radius 3 is 2.41 bits per heavy atom. The van der Waals surface area contributed by atoms with Crippen molar-refractivity contribution in [2.24, 2.45) is 0 Å². The Morgan fingerprint density at radius 1 is 1.14 bits per heavy atom. The summed E-state index contributed by atoms with van der Waals surface area (Å²) in [5.41, 5.74) is 0.163. The Bertz CT molecular complexity index is 882. The van der Waals surface area contributed by atoms with E-state index in [9.17, 15) is 18.0 Å². The molecule has 1 aromatic carbocycles. The summed E-state index contributed by atoms with van der Waals surface area (Å²) in [7, 11) is 1.31. The quantitative estimate of drug-likeness (QED) is 0.599. The molecule has 0 atom stereocenters. The number of thiocarbonyl (C=S) groups is 1. The zero-order valence-electron chi connectivity index (χ0n) is 15.6. The number of methoxy groups -OCH3 is 1. The summed E-state index contributed by atoms with van der Waals surface area (Å²) < 4.78 is 42.8. The minimum Gasteiger partial charge on any atom is -0.465 e. The highest BCUT2D eigenvalue weighted by atomic mass is 32.1. The Balaban J connectivity index is 1.60. The fourth-order valence-corrected chi connectivity index (χ4v) is 3.25. The lowest BCUT2D eigenvalue weighted by Crippen LogP contribution is -2.50. The van der Waals surface area contributed by atoms with Crippen molar-refractivity contribution in [1.29, 1.82) is 0 Å². The van der Waals surface area contributed by atoms with Gasteiger partial charge in [-0.2, -0.15) is 13.2 Å². The van der Waals surface area contributed by atoms with Gasteiger partial charge in [-0.15, -0.1) is 0 Å². The minimum atomic E-state index is -4.40. The van der Waals surface area contributed by atoms with Crippen molar-refractivity contribution in [1.82, 2.24) is 9.88 Å². The maximum atomic E-state index is 12.7. The molecule has 1 N–H and O–H groups in total. The zero-order valence-corrected chi connectivity index (χ0v) is 16.4. The Kier molecular flexibility index (Phi) is 6.21.